The predicted molar refractivity (Wildman–Crippen MR) is 85.2 cm³/mol. The Morgan fingerprint density at radius 1 is 1.20 bits per heavy atom. The fraction of sp³-hybridized carbons (Fsp3) is 0.562. The van der Waals surface area contributed by atoms with Crippen LogP contribution < -0.4 is 5.73 Å². The molecule has 112 valence electrons. The Bertz CT molecular complexity index is 397. The third kappa shape index (κ3) is 4.80. The zero-order valence-corrected chi connectivity index (χ0v) is 12.8. The highest BCUT2D eigenvalue weighted by molar-refractivity contribution is 5.85. The summed E-state index contributed by atoms with van der Waals surface area (Å²) in [4.78, 5) is 14.0. The lowest BCUT2D eigenvalue weighted by Crippen LogP contribution is -2.32. The minimum absolute atomic E-state index is 0. The third-order valence-corrected chi connectivity index (χ3v) is 3.95. The second-order valence-electron chi connectivity index (χ2n) is 5.31. The number of benzene rings is 1. The smallest absolute Gasteiger partial charge is 0.222 e. The van der Waals surface area contributed by atoms with Gasteiger partial charge in [0.15, 0.2) is 0 Å². The highest BCUT2D eigenvalue weighted by Gasteiger charge is 2.20. The van der Waals surface area contributed by atoms with Gasteiger partial charge in [-0.1, -0.05) is 30.3 Å². The first-order chi connectivity index (χ1) is 9.31. The Morgan fingerprint density at radius 2 is 1.95 bits per heavy atom. The maximum atomic E-state index is 12.0. The normalized spacial score (nSPS) is 19.1. The zero-order chi connectivity index (χ0) is 13.5. The van der Waals surface area contributed by atoms with Crippen molar-refractivity contribution in [3.8, 4) is 0 Å². The second-order valence-corrected chi connectivity index (χ2v) is 5.31. The van der Waals surface area contributed by atoms with Crippen molar-refractivity contribution in [3.05, 3.63) is 35.9 Å². The van der Waals surface area contributed by atoms with Crippen LogP contribution in [0.3, 0.4) is 0 Å². The predicted octanol–water partition coefficient (Wildman–Crippen LogP) is 2.94. The molecule has 0 spiro atoms. The van der Waals surface area contributed by atoms with Gasteiger partial charge in [0.05, 0.1) is 0 Å². The van der Waals surface area contributed by atoms with Crippen molar-refractivity contribution in [2.45, 2.75) is 38.0 Å². The third-order valence-electron chi connectivity index (χ3n) is 3.95. The maximum absolute atomic E-state index is 12.0. The van der Waals surface area contributed by atoms with Crippen molar-refractivity contribution in [1.29, 1.82) is 0 Å². The van der Waals surface area contributed by atoms with Crippen molar-refractivity contribution in [1.82, 2.24) is 4.90 Å². The van der Waals surface area contributed by atoms with E-state index in [0.29, 0.717) is 18.9 Å². The van der Waals surface area contributed by atoms with Crippen LogP contribution >= 0.6 is 12.4 Å². The number of nitrogens with two attached hydrogens (primary N) is 1. The van der Waals surface area contributed by atoms with E-state index < -0.39 is 0 Å². The number of hydrogen-bond acceptors (Lipinski definition) is 2. The molecule has 0 bridgehead atoms. The molecule has 1 saturated heterocycles. The Labute approximate surface area is 127 Å². The van der Waals surface area contributed by atoms with Crippen LogP contribution in [0.1, 0.15) is 43.6 Å². The molecule has 3 nitrogen and oxygen atoms in total. The van der Waals surface area contributed by atoms with Crippen LogP contribution in [0.2, 0.25) is 0 Å². The van der Waals surface area contributed by atoms with Gasteiger partial charge in [-0.15, -0.1) is 12.4 Å². The summed E-state index contributed by atoms with van der Waals surface area (Å²) in [5, 5.41) is 0. The van der Waals surface area contributed by atoms with E-state index in [4.69, 9.17) is 5.73 Å². The van der Waals surface area contributed by atoms with Gasteiger partial charge < -0.3 is 10.6 Å². The SMILES string of the molecule is Cl.NCCCC(=O)N1CCCC(c2ccccc2)CC1. The van der Waals surface area contributed by atoms with Crippen LogP contribution in [0.25, 0.3) is 0 Å². The molecular formula is C16H25ClN2O. The number of amides is 1. The number of likely N-dealkylation sites (tertiary alicyclic amines) is 1. The van der Waals surface area contributed by atoms with E-state index in [-0.39, 0.29) is 18.3 Å². The summed E-state index contributed by atoms with van der Waals surface area (Å²) >= 11 is 0. The highest BCUT2D eigenvalue weighted by Crippen LogP contribution is 2.27. The molecule has 4 heteroatoms. The first kappa shape index (κ1) is 17.0. The number of nitrogens with zero attached hydrogens (tertiary/aromatic N) is 1. The van der Waals surface area contributed by atoms with Gasteiger partial charge in [0, 0.05) is 19.5 Å². The largest absolute Gasteiger partial charge is 0.343 e. The van der Waals surface area contributed by atoms with E-state index in [9.17, 15) is 4.79 Å². The summed E-state index contributed by atoms with van der Waals surface area (Å²) in [6.45, 7) is 2.40. The van der Waals surface area contributed by atoms with Crippen LogP contribution in [0.15, 0.2) is 30.3 Å². The lowest BCUT2D eigenvalue weighted by Gasteiger charge is -2.20. The monoisotopic (exact) mass is 296 g/mol. The van der Waals surface area contributed by atoms with Crippen LogP contribution in [0, 0.1) is 0 Å². The molecule has 20 heavy (non-hydrogen) atoms. The second kappa shape index (κ2) is 8.98. The molecule has 1 amide bonds. The first-order valence-corrected chi connectivity index (χ1v) is 7.34. The summed E-state index contributed by atoms with van der Waals surface area (Å²) in [6, 6.07) is 10.7. The van der Waals surface area contributed by atoms with Gasteiger partial charge in [-0.3, -0.25) is 4.79 Å². The first-order valence-electron chi connectivity index (χ1n) is 7.34. The topological polar surface area (TPSA) is 46.3 Å². The fourth-order valence-electron chi connectivity index (χ4n) is 2.82. The molecule has 0 saturated carbocycles. The lowest BCUT2D eigenvalue weighted by atomic mass is 9.92. The number of carbonyl (C=O) groups excluding carboxylic acids is 1. The molecule has 2 N–H and O–H groups in total. The number of rotatable bonds is 4. The fourth-order valence-corrected chi connectivity index (χ4v) is 2.82. The molecule has 1 aliphatic rings. The van der Waals surface area contributed by atoms with Gasteiger partial charge >= 0.3 is 0 Å². The average Bonchev–Trinajstić information content (AvgIpc) is 2.71. The Balaban J connectivity index is 0.00000200. The molecule has 0 aromatic heterocycles. The van der Waals surface area contributed by atoms with E-state index >= 15 is 0 Å². The van der Waals surface area contributed by atoms with Crippen LogP contribution in [0.5, 0.6) is 0 Å². The van der Waals surface area contributed by atoms with Crippen LogP contribution in [0.4, 0.5) is 0 Å². The van der Waals surface area contributed by atoms with Gasteiger partial charge in [0.1, 0.15) is 0 Å². The molecular weight excluding hydrogens is 272 g/mol. The van der Waals surface area contributed by atoms with Gasteiger partial charge in [0.2, 0.25) is 5.91 Å². The molecule has 1 atom stereocenters. The van der Waals surface area contributed by atoms with Crippen molar-refractivity contribution >= 4 is 18.3 Å². The maximum Gasteiger partial charge on any atom is 0.222 e. The summed E-state index contributed by atoms with van der Waals surface area (Å²) in [6.07, 6.45) is 4.78. The number of halogens is 1. The van der Waals surface area contributed by atoms with E-state index in [1.165, 1.54) is 12.0 Å². The molecule has 2 rings (SSSR count). The highest BCUT2D eigenvalue weighted by atomic mass is 35.5. The van der Waals surface area contributed by atoms with E-state index in [1.54, 1.807) is 0 Å². The number of carbonyl (C=O) groups is 1. The summed E-state index contributed by atoms with van der Waals surface area (Å²) in [5.41, 5.74) is 6.88. The Hall–Kier alpha value is -1.06. The van der Waals surface area contributed by atoms with E-state index in [2.05, 4.69) is 30.3 Å². The molecule has 1 unspecified atom stereocenters. The zero-order valence-electron chi connectivity index (χ0n) is 12.0. The van der Waals surface area contributed by atoms with Gasteiger partial charge in [-0.05, 0) is 43.7 Å². The quantitative estimate of drug-likeness (QED) is 0.928. The van der Waals surface area contributed by atoms with Gasteiger partial charge in [-0.25, -0.2) is 0 Å². The molecule has 1 heterocycles. The summed E-state index contributed by atoms with van der Waals surface area (Å²) in [5.74, 6) is 0.882. The minimum Gasteiger partial charge on any atom is -0.343 e. The molecule has 1 aliphatic heterocycles. The minimum atomic E-state index is 0. The van der Waals surface area contributed by atoms with Crippen molar-refractivity contribution in [2.75, 3.05) is 19.6 Å². The van der Waals surface area contributed by atoms with Crippen molar-refractivity contribution in [3.63, 3.8) is 0 Å². The van der Waals surface area contributed by atoms with Crippen LogP contribution in [-0.4, -0.2) is 30.4 Å². The summed E-state index contributed by atoms with van der Waals surface area (Å²) in [7, 11) is 0. The van der Waals surface area contributed by atoms with E-state index in [1.807, 2.05) is 4.90 Å². The lowest BCUT2D eigenvalue weighted by molar-refractivity contribution is -0.131. The molecule has 0 radical (unpaired) electrons. The molecule has 0 aliphatic carbocycles. The van der Waals surface area contributed by atoms with Gasteiger partial charge in [-0.2, -0.15) is 0 Å². The van der Waals surface area contributed by atoms with E-state index in [0.717, 1.165) is 32.4 Å². The van der Waals surface area contributed by atoms with Crippen molar-refractivity contribution < 1.29 is 4.79 Å². The molecule has 1 aromatic rings. The Kier molecular flexibility index (Phi) is 7.63. The van der Waals surface area contributed by atoms with Crippen LogP contribution in [-0.2, 0) is 4.79 Å². The standard InChI is InChI=1S/C16H24N2O.ClH/c17-11-4-9-16(19)18-12-5-8-15(10-13-18)14-6-2-1-3-7-14;/h1-3,6-7,15H,4-5,8-13,17H2;1H. The van der Waals surface area contributed by atoms with Gasteiger partial charge in [0.25, 0.3) is 0 Å². The summed E-state index contributed by atoms with van der Waals surface area (Å²) < 4.78 is 0. The number of hydrogen-bond donors (Lipinski definition) is 1. The average molecular weight is 297 g/mol. The Morgan fingerprint density at radius 3 is 2.65 bits per heavy atom. The molecule has 1 aromatic carbocycles. The molecule has 1 fully saturated rings. The van der Waals surface area contributed by atoms with Crippen molar-refractivity contribution in [2.24, 2.45) is 5.73 Å².